The smallest absolute Gasteiger partial charge is 0.244 e. The van der Waals surface area contributed by atoms with E-state index >= 15 is 0 Å². The first-order valence-electron chi connectivity index (χ1n) is 10.4. The topological polar surface area (TPSA) is 105 Å². The summed E-state index contributed by atoms with van der Waals surface area (Å²) in [6.07, 6.45) is 1.53. The van der Waals surface area contributed by atoms with Crippen molar-refractivity contribution in [3.63, 3.8) is 0 Å². The number of methoxy groups -OCH3 is 2. The number of carbonyl (C=O) groups excluding carboxylic acids is 2. The molecule has 0 saturated carbocycles. The standard InChI is InChI=1S/C23H31N3O6S/c1-17(23(28)24-2)25(14-13-18-9-7-6-8-10-18)22(27)16-26(33(5,29)30)20-12-11-19(31-3)15-21(20)32-4/h6-12,15,17H,13-14,16H2,1-5H3,(H,24,28)/t17-/m1/s1. The molecule has 9 nitrogen and oxygen atoms in total. The Labute approximate surface area is 195 Å². The first kappa shape index (κ1) is 26.0. The summed E-state index contributed by atoms with van der Waals surface area (Å²) in [5.41, 5.74) is 1.20. The van der Waals surface area contributed by atoms with E-state index < -0.39 is 28.5 Å². The number of anilines is 1. The van der Waals surface area contributed by atoms with Crippen molar-refractivity contribution in [2.75, 3.05) is 44.9 Å². The fraction of sp³-hybridized carbons (Fsp3) is 0.391. The number of hydrogen-bond donors (Lipinski definition) is 1. The third kappa shape index (κ3) is 6.85. The van der Waals surface area contributed by atoms with E-state index in [1.807, 2.05) is 30.3 Å². The Morgan fingerprint density at radius 3 is 2.27 bits per heavy atom. The second kappa shape index (κ2) is 11.6. The summed E-state index contributed by atoms with van der Waals surface area (Å²) < 4.78 is 36.8. The Balaban J connectivity index is 2.37. The zero-order valence-corrected chi connectivity index (χ0v) is 20.4. The third-order valence-electron chi connectivity index (χ3n) is 5.23. The van der Waals surface area contributed by atoms with Crippen LogP contribution in [0, 0.1) is 0 Å². The first-order valence-corrected chi connectivity index (χ1v) is 12.2. The molecule has 0 spiro atoms. The van der Waals surface area contributed by atoms with Gasteiger partial charge in [0.25, 0.3) is 0 Å². The Bertz CT molecular complexity index is 1060. The van der Waals surface area contributed by atoms with E-state index in [2.05, 4.69) is 5.32 Å². The molecule has 0 aliphatic carbocycles. The van der Waals surface area contributed by atoms with Gasteiger partial charge in [-0.25, -0.2) is 8.42 Å². The molecule has 0 unspecified atom stereocenters. The number of hydrogen-bond acceptors (Lipinski definition) is 6. The maximum atomic E-state index is 13.4. The summed E-state index contributed by atoms with van der Waals surface area (Å²) in [6.45, 7) is 1.37. The fourth-order valence-corrected chi connectivity index (χ4v) is 4.22. The van der Waals surface area contributed by atoms with Crippen molar-refractivity contribution in [1.82, 2.24) is 10.2 Å². The molecule has 0 saturated heterocycles. The normalized spacial score (nSPS) is 11.9. The molecule has 1 N–H and O–H groups in total. The van der Waals surface area contributed by atoms with Gasteiger partial charge in [-0.3, -0.25) is 13.9 Å². The molecule has 0 heterocycles. The van der Waals surface area contributed by atoms with Gasteiger partial charge in [0.2, 0.25) is 21.8 Å². The van der Waals surface area contributed by atoms with Crippen LogP contribution in [-0.2, 0) is 26.0 Å². The van der Waals surface area contributed by atoms with Crippen LogP contribution in [0.2, 0.25) is 0 Å². The van der Waals surface area contributed by atoms with E-state index in [1.165, 1.54) is 38.3 Å². The molecule has 0 aliphatic heterocycles. The van der Waals surface area contributed by atoms with Gasteiger partial charge in [0.15, 0.2) is 0 Å². The van der Waals surface area contributed by atoms with Crippen LogP contribution < -0.4 is 19.1 Å². The van der Waals surface area contributed by atoms with Crippen LogP contribution in [0.4, 0.5) is 5.69 Å². The van der Waals surface area contributed by atoms with Gasteiger partial charge in [-0.2, -0.15) is 0 Å². The van der Waals surface area contributed by atoms with Crippen LogP contribution in [-0.4, -0.2) is 71.8 Å². The van der Waals surface area contributed by atoms with E-state index in [9.17, 15) is 18.0 Å². The zero-order valence-electron chi connectivity index (χ0n) is 19.6. The van der Waals surface area contributed by atoms with Gasteiger partial charge in [0.05, 0.1) is 26.2 Å². The molecule has 0 fully saturated rings. The van der Waals surface area contributed by atoms with Gasteiger partial charge in [-0.1, -0.05) is 30.3 Å². The lowest BCUT2D eigenvalue weighted by Gasteiger charge is -2.31. The number of nitrogens with zero attached hydrogens (tertiary/aromatic N) is 2. The summed E-state index contributed by atoms with van der Waals surface area (Å²) in [5.74, 6) is -0.134. The minimum absolute atomic E-state index is 0.199. The van der Waals surface area contributed by atoms with Crippen LogP contribution in [0.25, 0.3) is 0 Å². The number of amides is 2. The van der Waals surface area contributed by atoms with Gasteiger partial charge in [-0.15, -0.1) is 0 Å². The predicted molar refractivity (Wildman–Crippen MR) is 127 cm³/mol. The van der Waals surface area contributed by atoms with Gasteiger partial charge in [0.1, 0.15) is 24.1 Å². The molecule has 33 heavy (non-hydrogen) atoms. The lowest BCUT2D eigenvalue weighted by molar-refractivity contribution is -0.138. The molecule has 1 atom stereocenters. The lowest BCUT2D eigenvalue weighted by atomic mass is 10.1. The highest BCUT2D eigenvalue weighted by Gasteiger charge is 2.30. The molecular weight excluding hydrogens is 446 g/mol. The molecule has 180 valence electrons. The van der Waals surface area contributed by atoms with Crippen LogP contribution in [0.1, 0.15) is 12.5 Å². The molecular formula is C23H31N3O6S. The molecule has 0 aromatic heterocycles. The minimum Gasteiger partial charge on any atom is -0.497 e. The zero-order chi connectivity index (χ0) is 24.6. The fourth-order valence-electron chi connectivity index (χ4n) is 3.36. The minimum atomic E-state index is -3.85. The SMILES string of the molecule is CNC(=O)[C@@H](C)N(CCc1ccccc1)C(=O)CN(c1ccc(OC)cc1OC)S(C)(=O)=O. The molecule has 0 bridgehead atoms. The number of nitrogens with one attached hydrogen (secondary N) is 1. The van der Waals surface area contributed by atoms with Crippen molar-refractivity contribution >= 4 is 27.5 Å². The summed E-state index contributed by atoms with van der Waals surface area (Å²) in [6, 6.07) is 13.4. The molecule has 2 aromatic carbocycles. The van der Waals surface area contributed by atoms with E-state index in [0.717, 1.165) is 16.1 Å². The third-order valence-corrected chi connectivity index (χ3v) is 6.36. The van der Waals surface area contributed by atoms with Crippen molar-refractivity contribution in [3.8, 4) is 11.5 Å². The molecule has 2 aromatic rings. The average molecular weight is 478 g/mol. The second-order valence-electron chi connectivity index (χ2n) is 7.42. The Morgan fingerprint density at radius 1 is 1.06 bits per heavy atom. The Kier molecular flexibility index (Phi) is 9.10. The Hall–Kier alpha value is -3.27. The first-order chi connectivity index (χ1) is 15.6. The van der Waals surface area contributed by atoms with Crippen molar-refractivity contribution in [3.05, 3.63) is 54.1 Å². The van der Waals surface area contributed by atoms with Gasteiger partial charge in [-0.05, 0) is 31.0 Å². The number of benzene rings is 2. The lowest BCUT2D eigenvalue weighted by Crippen LogP contribution is -2.51. The largest absolute Gasteiger partial charge is 0.497 e. The summed E-state index contributed by atoms with van der Waals surface area (Å²) in [5, 5.41) is 2.55. The maximum Gasteiger partial charge on any atom is 0.244 e. The van der Waals surface area contributed by atoms with Crippen molar-refractivity contribution in [2.24, 2.45) is 0 Å². The summed E-state index contributed by atoms with van der Waals surface area (Å²) in [4.78, 5) is 27.1. The van der Waals surface area contributed by atoms with Crippen molar-refractivity contribution < 1.29 is 27.5 Å². The highest BCUT2D eigenvalue weighted by molar-refractivity contribution is 7.92. The molecule has 0 aliphatic rings. The second-order valence-corrected chi connectivity index (χ2v) is 9.33. The predicted octanol–water partition coefficient (Wildman–Crippen LogP) is 1.68. The maximum absolute atomic E-state index is 13.4. The summed E-state index contributed by atoms with van der Waals surface area (Å²) in [7, 11) is 0.523. The van der Waals surface area contributed by atoms with Crippen LogP contribution in [0.3, 0.4) is 0 Å². The van der Waals surface area contributed by atoms with Crippen LogP contribution >= 0.6 is 0 Å². The van der Waals surface area contributed by atoms with Crippen LogP contribution in [0.5, 0.6) is 11.5 Å². The molecule has 2 rings (SSSR count). The quantitative estimate of drug-likeness (QED) is 0.528. The van der Waals surface area contributed by atoms with Crippen molar-refractivity contribution in [2.45, 2.75) is 19.4 Å². The van der Waals surface area contributed by atoms with E-state index in [4.69, 9.17) is 9.47 Å². The number of carbonyl (C=O) groups is 2. The van der Waals surface area contributed by atoms with Gasteiger partial charge < -0.3 is 19.7 Å². The Morgan fingerprint density at radius 2 is 1.73 bits per heavy atom. The number of rotatable bonds is 11. The number of ether oxygens (including phenoxy) is 2. The summed E-state index contributed by atoms with van der Waals surface area (Å²) >= 11 is 0. The van der Waals surface area contributed by atoms with Gasteiger partial charge in [0, 0.05) is 19.7 Å². The molecule has 2 amide bonds. The van der Waals surface area contributed by atoms with Crippen molar-refractivity contribution in [1.29, 1.82) is 0 Å². The molecule has 0 radical (unpaired) electrons. The highest BCUT2D eigenvalue weighted by atomic mass is 32.2. The van der Waals surface area contributed by atoms with E-state index in [-0.39, 0.29) is 23.9 Å². The number of likely N-dealkylation sites (N-methyl/N-ethyl adjacent to an activating group) is 1. The average Bonchev–Trinajstić information content (AvgIpc) is 2.81. The monoisotopic (exact) mass is 477 g/mol. The van der Waals surface area contributed by atoms with Crippen LogP contribution in [0.15, 0.2) is 48.5 Å². The number of sulfonamides is 1. The highest BCUT2D eigenvalue weighted by Crippen LogP contribution is 2.33. The van der Waals surface area contributed by atoms with E-state index in [0.29, 0.717) is 12.2 Å². The van der Waals surface area contributed by atoms with Gasteiger partial charge >= 0.3 is 0 Å². The molecule has 10 heteroatoms. The van der Waals surface area contributed by atoms with E-state index in [1.54, 1.807) is 13.0 Å².